The molecule has 2 aromatic carbocycles. The number of fused-ring (bicyclic) bond motifs is 1. The number of pyridine rings is 1. The molecule has 0 amide bonds. The van der Waals surface area contributed by atoms with Gasteiger partial charge in [-0.2, -0.15) is 0 Å². The topological polar surface area (TPSA) is 76.1 Å². The van der Waals surface area contributed by atoms with Crippen molar-refractivity contribution in [1.29, 1.82) is 0 Å². The Morgan fingerprint density at radius 1 is 0.970 bits per heavy atom. The predicted octanol–water partition coefficient (Wildman–Crippen LogP) is 5.63. The Hall–Kier alpha value is -3.19. The maximum atomic E-state index is 13.1. The van der Waals surface area contributed by atoms with Crippen molar-refractivity contribution in [2.75, 3.05) is 27.9 Å². The van der Waals surface area contributed by atoms with Crippen LogP contribution >= 0.6 is 11.6 Å². The van der Waals surface area contributed by atoms with Gasteiger partial charge in [-0.1, -0.05) is 6.07 Å². The lowest BCUT2D eigenvalue weighted by atomic mass is 9.93. The molecule has 0 aliphatic carbocycles. The van der Waals surface area contributed by atoms with E-state index in [2.05, 4.69) is 4.98 Å². The number of hydrogen-bond acceptors (Lipinski definition) is 7. The van der Waals surface area contributed by atoms with E-state index in [1.54, 1.807) is 46.5 Å². The Morgan fingerprint density at radius 3 is 2.21 bits per heavy atom. The van der Waals surface area contributed by atoms with Crippen LogP contribution in [0.3, 0.4) is 0 Å². The Bertz CT molecular complexity index is 1160. The van der Waals surface area contributed by atoms with Gasteiger partial charge in [-0.15, -0.1) is 11.6 Å². The fourth-order valence-corrected chi connectivity index (χ4v) is 3.83. The summed E-state index contributed by atoms with van der Waals surface area (Å²) in [5.41, 5.74) is 2.65. The van der Waals surface area contributed by atoms with Gasteiger partial charge in [0.15, 0.2) is 23.0 Å². The zero-order valence-corrected chi connectivity index (χ0v) is 20.4. The SMILES string of the molecule is CCOC(=O)c1c(CCl)nc2cc(OC)c(OC)cc2c1-c1ccc(OC)c(OC(C)C)c1. The van der Waals surface area contributed by atoms with E-state index in [0.29, 0.717) is 50.7 Å². The van der Waals surface area contributed by atoms with Gasteiger partial charge >= 0.3 is 5.97 Å². The fourth-order valence-electron chi connectivity index (χ4n) is 3.64. The van der Waals surface area contributed by atoms with Gasteiger partial charge in [-0.3, -0.25) is 4.98 Å². The summed E-state index contributed by atoms with van der Waals surface area (Å²) < 4.78 is 27.8. The van der Waals surface area contributed by atoms with Crippen molar-refractivity contribution in [3.63, 3.8) is 0 Å². The summed E-state index contributed by atoms with van der Waals surface area (Å²) in [7, 11) is 4.69. The summed E-state index contributed by atoms with van der Waals surface area (Å²) in [6.45, 7) is 5.83. The molecule has 0 fully saturated rings. The van der Waals surface area contributed by atoms with E-state index in [9.17, 15) is 4.79 Å². The van der Waals surface area contributed by atoms with Crippen molar-refractivity contribution in [2.45, 2.75) is 32.8 Å². The first kappa shape index (κ1) is 24.5. The Labute approximate surface area is 198 Å². The van der Waals surface area contributed by atoms with Crippen molar-refractivity contribution >= 4 is 28.5 Å². The van der Waals surface area contributed by atoms with Crippen molar-refractivity contribution in [3.05, 3.63) is 41.6 Å². The molecule has 0 unspecified atom stereocenters. The molecular weight excluding hydrogens is 446 g/mol. The van der Waals surface area contributed by atoms with E-state index in [4.69, 9.17) is 35.3 Å². The average Bonchev–Trinajstić information content (AvgIpc) is 2.81. The van der Waals surface area contributed by atoms with Crippen LogP contribution in [0, 0.1) is 0 Å². The van der Waals surface area contributed by atoms with Gasteiger partial charge in [-0.25, -0.2) is 4.79 Å². The van der Waals surface area contributed by atoms with E-state index in [1.165, 1.54) is 0 Å². The maximum Gasteiger partial charge on any atom is 0.340 e. The van der Waals surface area contributed by atoms with Crippen LogP contribution in [-0.4, -0.2) is 45.0 Å². The van der Waals surface area contributed by atoms with Crippen LogP contribution < -0.4 is 18.9 Å². The molecule has 3 rings (SSSR count). The fraction of sp³-hybridized carbons (Fsp3) is 0.360. The van der Waals surface area contributed by atoms with Crippen LogP contribution in [0.4, 0.5) is 0 Å². The Morgan fingerprint density at radius 2 is 1.64 bits per heavy atom. The van der Waals surface area contributed by atoms with E-state index in [-0.39, 0.29) is 18.6 Å². The van der Waals surface area contributed by atoms with Crippen molar-refractivity contribution in [1.82, 2.24) is 4.98 Å². The molecule has 0 radical (unpaired) electrons. The average molecular weight is 474 g/mol. The largest absolute Gasteiger partial charge is 0.493 e. The molecule has 0 aliphatic rings. The molecule has 7 nitrogen and oxygen atoms in total. The molecule has 0 atom stereocenters. The second-order valence-electron chi connectivity index (χ2n) is 7.42. The van der Waals surface area contributed by atoms with Crippen LogP contribution in [0.15, 0.2) is 30.3 Å². The molecule has 0 saturated heterocycles. The molecule has 0 N–H and O–H groups in total. The van der Waals surface area contributed by atoms with Gasteiger partial charge in [0.05, 0.1) is 56.7 Å². The summed E-state index contributed by atoms with van der Waals surface area (Å²) >= 11 is 6.25. The van der Waals surface area contributed by atoms with E-state index >= 15 is 0 Å². The maximum absolute atomic E-state index is 13.1. The standard InChI is InChI=1S/C25H28ClNO6/c1-7-32-25(28)24-18(13-26)27-17-12-21(31-6)20(30-5)11-16(17)23(24)15-8-9-19(29-4)22(10-15)33-14(2)3/h8-12,14H,7,13H2,1-6H3. The minimum absolute atomic E-state index is 0.0247. The molecule has 176 valence electrons. The number of ether oxygens (including phenoxy) is 5. The van der Waals surface area contributed by atoms with Gasteiger partial charge in [0.25, 0.3) is 0 Å². The summed E-state index contributed by atoms with van der Waals surface area (Å²) in [5, 5.41) is 0.685. The number of methoxy groups -OCH3 is 3. The highest BCUT2D eigenvalue weighted by Gasteiger charge is 2.25. The minimum atomic E-state index is -0.505. The summed E-state index contributed by atoms with van der Waals surface area (Å²) in [5.74, 6) is 1.68. The van der Waals surface area contributed by atoms with E-state index in [1.807, 2.05) is 26.0 Å². The lowest BCUT2D eigenvalue weighted by molar-refractivity contribution is 0.0526. The minimum Gasteiger partial charge on any atom is -0.493 e. The number of rotatable bonds is 9. The predicted molar refractivity (Wildman–Crippen MR) is 128 cm³/mol. The van der Waals surface area contributed by atoms with Crippen LogP contribution in [0.2, 0.25) is 0 Å². The molecule has 0 spiro atoms. The first-order valence-electron chi connectivity index (χ1n) is 10.5. The van der Waals surface area contributed by atoms with Gasteiger partial charge < -0.3 is 23.7 Å². The number of nitrogens with zero attached hydrogens (tertiary/aromatic N) is 1. The summed E-state index contributed by atoms with van der Waals surface area (Å²) in [6.07, 6.45) is -0.0735. The summed E-state index contributed by atoms with van der Waals surface area (Å²) in [4.78, 5) is 17.7. The smallest absolute Gasteiger partial charge is 0.340 e. The van der Waals surface area contributed by atoms with Crippen molar-refractivity contribution in [3.8, 4) is 34.1 Å². The number of hydrogen-bond donors (Lipinski definition) is 0. The molecule has 1 aromatic heterocycles. The quantitative estimate of drug-likeness (QED) is 0.294. The lowest BCUT2D eigenvalue weighted by Crippen LogP contribution is -2.12. The Kier molecular flexibility index (Phi) is 7.87. The lowest BCUT2D eigenvalue weighted by Gasteiger charge is -2.19. The molecule has 1 heterocycles. The van der Waals surface area contributed by atoms with Gasteiger partial charge in [0, 0.05) is 17.0 Å². The normalized spacial score (nSPS) is 10.9. The molecule has 33 heavy (non-hydrogen) atoms. The van der Waals surface area contributed by atoms with E-state index < -0.39 is 5.97 Å². The molecule has 0 saturated carbocycles. The Balaban J connectivity index is 2.44. The van der Waals surface area contributed by atoms with Crippen LogP contribution in [0.25, 0.3) is 22.0 Å². The number of carbonyl (C=O) groups excluding carboxylic acids is 1. The zero-order valence-electron chi connectivity index (χ0n) is 19.7. The zero-order chi connectivity index (χ0) is 24.1. The third-order valence-corrected chi connectivity index (χ3v) is 5.24. The third-order valence-electron chi connectivity index (χ3n) is 4.99. The molecule has 0 bridgehead atoms. The highest BCUT2D eigenvalue weighted by atomic mass is 35.5. The number of esters is 1. The van der Waals surface area contributed by atoms with Crippen LogP contribution in [0.5, 0.6) is 23.0 Å². The second-order valence-corrected chi connectivity index (χ2v) is 7.69. The highest BCUT2D eigenvalue weighted by Crippen LogP contribution is 2.42. The van der Waals surface area contributed by atoms with Crippen LogP contribution in [0.1, 0.15) is 36.8 Å². The number of halogens is 1. The van der Waals surface area contributed by atoms with Gasteiger partial charge in [-0.05, 0) is 44.5 Å². The van der Waals surface area contributed by atoms with Crippen molar-refractivity contribution in [2.24, 2.45) is 0 Å². The monoisotopic (exact) mass is 473 g/mol. The first-order valence-corrected chi connectivity index (χ1v) is 11.1. The van der Waals surface area contributed by atoms with Crippen molar-refractivity contribution < 1.29 is 28.5 Å². The molecule has 8 heteroatoms. The summed E-state index contributed by atoms with van der Waals surface area (Å²) in [6, 6.07) is 9.06. The first-order chi connectivity index (χ1) is 15.9. The number of carbonyl (C=O) groups is 1. The van der Waals surface area contributed by atoms with Gasteiger partial charge in [0.1, 0.15) is 0 Å². The van der Waals surface area contributed by atoms with Crippen LogP contribution in [-0.2, 0) is 10.6 Å². The highest BCUT2D eigenvalue weighted by molar-refractivity contribution is 6.18. The molecular formula is C25H28ClNO6. The van der Waals surface area contributed by atoms with Gasteiger partial charge in [0.2, 0.25) is 0 Å². The number of alkyl halides is 1. The number of benzene rings is 2. The number of aromatic nitrogens is 1. The van der Waals surface area contributed by atoms with E-state index in [0.717, 1.165) is 5.56 Å². The molecule has 0 aliphatic heterocycles. The molecule has 3 aromatic rings. The third kappa shape index (κ3) is 4.93. The second kappa shape index (κ2) is 10.6.